The van der Waals surface area contributed by atoms with E-state index in [9.17, 15) is 17.6 Å². The molecule has 0 saturated heterocycles. The molecule has 2 rings (SSSR count). The van der Waals surface area contributed by atoms with E-state index >= 15 is 0 Å². The van der Waals surface area contributed by atoms with E-state index in [1.54, 1.807) is 30.0 Å². The van der Waals surface area contributed by atoms with E-state index in [4.69, 9.17) is 16.3 Å². The summed E-state index contributed by atoms with van der Waals surface area (Å²) in [7, 11) is -4.21. The molecule has 0 atom stereocenters. The molecule has 128 valence electrons. The van der Waals surface area contributed by atoms with Crippen LogP contribution in [0.25, 0.3) is 0 Å². The van der Waals surface area contributed by atoms with Crippen LogP contribution in [0.15, 0.2) is 47.4 Å². The van der Waals surface area contributed by atoms with Crippen molar-refractivity contribution in [1.29, 1.82) is 0 Å². The summed E-state index contributed by atoms with van der Waals surface area (Å²) in [5.41, 5.74) is 2.72. The summed E-state index contributed by atoms with van der Waals surface area (Å²) in [5.74, 6) is -1.27. The lowest BCUT2D eigenvalue weighted by molar-refractivity contribution is -0.123. The Balaban J connectivity index is 1.91. The Morgan fingerprint density at radius 1 is 1.25 bits per heavy atom. The molecule has 0 aromatic heterocycles. The molecule has 0 saturated carbocycles. The molecule has 0 unspecified atom stereocenters. The molecule has 2 N–H and O–H groups in total. The molecule has 0 bridgehead atoms. The predicted molar refractivity (Wildman–Crippen MR) is 86.5 cm³/mol. The SMILES string of the molecule is Cc1cc(OCC(=O)NNS(=O)(=O)c2ccccc2F)ccc1Cl. The minimum atomic E-state index is -4.21. The molecule has 0 aliphatic carbocycles. The van der Waals surface area contributed by atoms with Gasteiger partial charge in [-0.25, -0.2) is 12.8 Å². The average molecular weight is 373 g/mol. The molecule has 0 aliphatic rings. The number of hydrazine groups is 1. The monoisotopic (exact) mass is 372 g/mol. The maximum Gasteiger partial charge on any atom is 0.272 e. The fourth-order valence-corrected chi connectivity index (χ4v) is 2.79. The smallest absolute Gasteiger partial charge is 0.272 e. The molecule has 0 aliphatic heterocycles. The van der Waals surface area contributed by atoms with Gasteiger partial charge in [0.2, 0.25) is 0 Å². The summed E-state index contributed by atoms with van der Waals surface area (Å²) in [5, 5.41) is 0.560. The molecule has 0 spiro atoms. The second kappa shape index (κ2) is 7.61. The number of amides is 1. The molecule has 24 heavy (non-hydrogen) atoms. The van der Waals surface area contributed by atoms with Gasteiger partial charge in [-0.1, -0.05) is 23.7 Å². The zero-order valence-electron chi connectivity index (χ0n) is 12.5. The van der Waals surface area contributed by atoms with E-state index in [2.05, 4.69) is 0 Å². The Labute approximate surface area is 143 Å². The third-order valence-electron chi connectivity index (χ3n) is 2.95. The second-order valence-electron chi connectivity index (χ2n) is 4.78. The Morgan fingerprint density at radius 2 is 1.96 bits per heavy atom. The summed E-state index contributed by atoms with van der Waals surface area (Å²) < 4.78 is 42.5. The van der Waals surface area contributed by atoms with Gasteiger partial charge < -0.3 is 4.74 Å². The number of aryl methyl sites for hydroxylation is 1. The van der Waals surface area contributed by atoms with Gasteiger partial charge in [0.05, 0.1) is 0 Å². The third kappa shape index (κ3) is 4.67. The van der Waals surface area contributed by atoms with E-state index in [-0.39, 0.29) is 0 Å². The van der Waals surface area contributed by atoms with Gasteiger partial charge in [0.25, 0.3) is 15.9 Å². The van der Waals surface area contributed by atoms with Gasteiger partial charge in [0.15, 0.2) is 6.61 Å². The number of ether oxygens (including phenoxy) is 1. The number of rotatable bonds is 6. The van der Waals surface area contributed by atoms with Gasteiger partial charge in [0.1, 0.15) is 16.5 Å². The summed E-state index contributed by atoms with van der Waals surface area (Å²) in [6.45, 7) is 1.35. The highest BCUT2D eigenvalue weighted by atomic mass is 35.5. The molecular formula is C15H14ClFN2O4S. The first kappa shape index (κ1) is 18.2. The summed E-state index contributed by atoms with van der Waals surface area (Å²) >= 11 is 5.87. The van der Waals surface area contributed by atoms with Crippen molar-refractivity contribution in [2.24, 2.45) is 0 Å². The molecular weight excluding hydrogens is 359 g/mol. The van der Waals surface area contributed by atoms with Crippen LogP contribution in [0.1, 0.15) is 5.56 Å². The van der Waals surface area contributed by atoms with Crippen molar-refractivity contribution in [1.82, 2.24) is 10.3 Å². The largest absolute Gasteiger partial charge is 0.484 e. The van der Waals surface area contributed by atoms with Gasteiger partial charge in [-0.15, -0.1) is 4.83 Å². The highest BCUT2D eigenvalue weighted by molar-refractivity contribution is 7.89. The molecule has 6 nitrogen and oxygen atoms in total. The number of hydrogen-bond donors (Lipinski definition) is 2. The van der Waals surface area contributed by atoms with Crippen molar-refractivity contribution >= 4 is 27.5 Å². The molecule has 9 heteroatoms. The van der Waals surface area contributed by atoms with Gasteiger partial charge in [0, 0.05) is 5.02 Å². The highest BCUT2D eigenvalue weighted by Crippen LogP contribution is 2.20. The Hall–Kier alpha value is -2.16. The van der Waals surface area contributed by atoms with Crippen LogP contribution in [0, 0.1) is 12.7 Å². The molecule has 0 fully saturated rings. The number of benzene rings is 2. The van der Waals surface area contributed by atoms with Gasteiger partial charge in [-0.05, 0) is 42.8 Å². The summed E-state index contributed by atoms with van der Waals surface area (Å²) in [6.07, 6.45) is 0. The highest BCUT2D eigenvalue weighted by Gasteiger charge is 2.19. The lowest BCUT2D eigenvalue weighted by atomic mass is 10.2. The maximum atomic E-state index is 13.5. The van der Waals surface area contributed by atoms with Crippen LogP contribution in [0.4, 0.5) is 4.39 Å². The first-order valence-corrected chi connectivity index (χ1v) is 8.60. The molecule has 0 heterocycles. The number of nitrogens with one attached hydrogen (secondary N) is 2. The van der Waals surface area contributed by atoms with Crippen LogP contribution in [-0.2, 0) is 14.8 Å². The number of halogens is 2. The van der Waals surface area contributed by atoms with Gasteiger partial charge >= 0.3 is 0 Å². The zero-order valence-corrected chi connectivity index (χ0v) is 14.1. The zero-order chi connectivity index (χ0) is 17.7. The van der Waals surface area contributed by atoms with Crippen molar-refractivity contribution in [3.63, 3.8) is 0 Å². The first-order chi connectivity index (χ1) is 11.3. The van der Waals surface area contributed by atoms with Gasteiger partial charge in [-0.2, -0.15) is 0 Å². The van der Waals surface area contributed by atoms with Crippen LogP contribution in [-0.4, -0.2) is 20.9 Å². The normalized spacial score (nSPS) is 11.1. The Morgan fingerprint density at radius 3 is 2.62 bits per heavy atom. The van der Waals surface area contributed by atoms with E-state index < -0.39 is 33.3 Å². The van der Waals surface area contributed by atoms with E-state index in [1.807, 2.05) is 5.43 Å². The van der Waals surface area contributed by atoms with Crippen LogP contribution in [0.3, 0.4) is 0 Å². The van der Waals surface area contributed by atoms with Crippen molar-refractivity contribution in [2.75, 3.05) is 6.61 Å². The topological polar surface area (TPSA) is 84.5 Å². The Bertz CT molecular complexity index is 858. The minimum Gasteiger partial charge on any atom is -0.484 e. The number of hydrogen-bond acceptors (Lipinski definition) is 4. The van der Waals surface area contributed by atoms with Crippen LogP contribution < -0.4 is 15.0 Å². The standard InChI is InChI=1S/C15H14ClFN2O4S/c1-10-8-11(6-7-12(10)16)23-9-15(20)18-19-24(21,22)14-5-3-2-4-13(14)17/h2-8,19H,9H2,1H3,(H,18,20). The molecule has 0 radical (unpaired) electrons. The minimum absolute atomic E-state index is 0.406. The summed E-state index contributed by atoms with van der Waals surface area (Å²) in [4.78, 5) is 12.9. The van der Waals surface area contributed by atoms with E-state index in [0.717, 1.165) is 17.7 Å². The lowest BCUT2D eigenvalue weighted by Gasteiger charge is -2.10. The van der Waals surface area contributed by atoms with E-state index in [0.29, 0.717) is 10.8 Å². The maximum absolute atomic E-state index is 13.5. The first-order valence-electron chi connectivity index (χ1n) is 6.74. The van der Waals surface area contributed by atoms with Gasteiger partial charge in [-0.3, -0.25) is 10.2 Å². The van der Waals surface area contributed by atoms with Crippen molar-refractivity contribution in [3.8, 4) is 5.75 Å². The molecule has 1 amide bonds. The number of sulfonamides is 1. The lowest BCUT2D eigenvalue weighted by Crippen LogP contribution is -2.43. The summed E-state index contributed by atoms with van der Waals surface area (Å²) in [6, 6.07) is 9.63. The van der Waals surface area contributed by atoms with Crippen LogP contribution in [0.5, 0.6) is 5.75 Å². The Kier molecular flexibility index (Phi) is 5.76. The van der Waals surface area contributed by atoms with Crippen molar-refractivity contribution < 1.29 is 22.3 Å². The fourth-order valence-electron chi connectivity index (χ4n) is 1.73. The second-order valence-corrected chi connectivity index (χ2v) is 6.84. The average Bonchev–Trinajstić information content (AvgIpc) is 2.54. The van der Waals surface area contributed by atoms with Crippen molar-refractivity contribution in [3.05, 3.63) is 58.9 Å². The molecule has 2 aromatic carbocycles. The van der Waals surface area contributed by atoms with Crippen molar-refractivity contribution in [2.45, 2.75) is 11.8 Å². The van der Waals surface area contributed by atoms with Crippen LogP contribution >= 0.6 is 11.6 Å². The third-order valence-corrected chi connectivity index (χ3v) is 4.66. The number of carbonyl (C=O) groups excluding carboxylic acids is 1. The number of carbonyl (C=O) groups is 1. The predicted octanol–water partition coefficient (Wildman–Crippen LogP) is 2.18. The van der Waals surface area contributed by atoms with E-state index in [1.165, 1.54) is 12.1 Å². The molecule has 2 aromatic rings. The fraction of sp³-hybridized carbons (Fsp3) is 0.133. The quantitative estimate of drug-likeness (QED) is 0.761. The van der Waals surface area contributed by atoms with Crippen LogP contribution in [0.2, 0.25) is 5.02 Å².